The van der Waals surface area contributed by atoms with Crippen LogP contribution in [0.3, 0.4) is 0 Å². The highest BCUT2D eigenvalue weighted by molar-refractivity contribution is 6.07. The lowest BCUT2D eigenvalue weighted by Gasteiger charge is -2.36. The smallest absolute Gasteiger partial charge is 0.338 e. The lowest BCUT2D eigenvalue weighted by Crippen LogP contribution is -2.46. The number of anilines is 2. The number of ether oxygens (including phenoxy) is 2. The first-order valence-corrected chi connectivity index (χ1v) is 10.9. The van der Waals surface area contributed by atoms with Crippen LogP contribution in [-0.4, -0.2) is 62.7 Å². The first-order chi connectivity index (χ1) is 15.0. The van der Waals surface area contributed by atoms with Crippen molar-refractivity contribution in [2.24, 2.45) is 0 Å². The van der Waals surface area contributed by atoms with Crippen LogP contribution in [0.1, 0.15) is 41.5 Å². The molecule has 0 atom stereocenters. The summed E-state index contributed by atoms with van der Waals surface area (Å²) in [5, 5.41) is 3.00. The van der Waals surface area contributed by atoms with Gasteiger partial charge in [0.1, 0.15) is 5.75 Å². The molecular formula is C24H31N3O4. The minimum Gasteiger partial charge on any atom is -0.494 e. The highest BCUT2D eigenvalue weighted by atomic mass is 16.5. The third-order valence-corrected chi connectivity index (χ3v) is 5.34. The van der Waals surface area contributed by atoms with Crippen molar-refractivity contribution in [1.29, 1.82) is 0 Å². The lowest BCUT2D eigenvalue weighted by molar-refractivity contribution is 0.0526. The van der Waals surface area contributed by atoms with E-state index in [1.165, 1.54) is 0 Å². The normalized spacial score (nSPS) is 14.2. The van der Waals surface area contributed by atoms with Crippen LogP contribution in [0.25, 0.3) is 0 Å². The Morgan fingerprint density at radius 3 is 2.19 bits per heavy atom. The van der Waals surface area contributed by atoms with Crippen molar-refractivity contribution in [3.63, 3.8) is 0 Å². The molecule has 3 rings (SSSR count). The minimum atomic E-state index is -0.401. The summed E-state index contributed by atoms with van der Waals surface area (Å²) in [4.78, 5) is 29.8. The second-order valence-electron chi connectivity index (χ2n) is 7.29. The van der Waals surface area contributed by atoms with Gasteiger partial charge in [0.25, 0.3) is 5.91 Å². The van der Waals surface area contributed by atoms with Crippen molar-refractivity contribution in [3.05, 3.63) is 53.6 Å². The molecule has 1 fully saturated rings. The van der Waals surface area contributed by atoms with Gasteiger partial charge in [-0.05, 0) is 62.9 Å². The SMILES string of the molecule is CCOC(=O)c1ccc(N2CCN(CC)CC2)c(NC(=O)c2ccc(OCC)cc2)c1. The molecule has 1 N–H and O–H groups in total. The van der Waals surface area contributed by atoms with E-state index >= 15 is 0 Å². The number of esters is 1. The Kier molecular flexibility index (Phi) is 7.89. The third-order valence-electron chi connectivity index (χ3n) is 5.34. The van der Waals surface area contributed by atoms with Crippen molar-refractivity contribution in [2.45, 2.75) is 20.8 Å². The zero-order chi connectivity index (χ0) is 22.2. The molecule has 1 amide bonds. The summed E-state index contributed by atoms with van der Waals surface area (Å²) < 4.78 is 10.6. The standard InChI is InChI=1S/C24H31N3O4/c1-4-26-13-15-27(16-14-26)22-12-9-19(24(29)31-6-3)17-21(22)25-23(28)18-7-10-20(11-8-18)30-5-2/h7-12,17H,4-6,13-16H2,1-3H3,(H,25,28). The summed E-state index contributed by atoms with van der Waals surface area (Å²) in [6.07, 6.45) is 0. The van der Waals surface area contributed by atoms with Crippen LogP contribution >= 0.6 is 0 Å². The molecule has 2 aromatic rings. The zero-order valence-electron chi connectivity index (χ0n) is 18.5. The van der Waals surface area contributed by atoms with Gasteiger partial charge in [-0.3, -0.25) is 4.79 Å². The molecule has 0 saturated carbocycles. The summed E-state index contributed by atoms with van der Waals surface area (Å²) in [6, 6.07) is 12.4. The number of carbonyl (C=O) groups is 2. The molecule has 0 radical (unpaired) electrons. The van der Waals surface area contributed by atoms with Crippen LogP contribution in [0.15, 0.2) is 42.5 Å². The number of piperazine rings is 1. The number of hydrogen-bond acceptors (Lipinski definition) is 6. The number of benzene rings is 2. The average molecular weight is 426 g/mol. The molecule has 0 aromatic heterocycles. The van der Waals surface area contributed by atoms with E-state index in [0.717, 1.165) is 44.2 Å². The number of nitrogens with zero attached hydrogens (tertiary/aromatic N) is 2. The summed E-state index contributed by atoms with van der Waals surface area (Å²) >= 11 is 0. The Morgan fingerprint density at radius 2 is 1.58 bits per heavy atom. The van der Waals surface area contributed by atoms with Crippen LogP contribution < -0.4 is 15.0 Å². The van der Waals surface area contributed by atoms with Crippen molar-refractivity contribution in [1.82, 2.24) is 4.90 Å². The molecule has 7 nitrogen and oxygen atoms in total. The predicted molar refractivity (Wildman–Crippen MR) is 122 cm³/mol. The highest BCUT2D eigenvalue weighted by Crippen LogP contribution is 2.29. The number of hydrogen-bond donors (Lipinski definition) is 1. The van der Waals surface area contributed by atoms with E-state index in [9.17, 15) is 9.59 Å². The number of carbonyl (C=O) groups excluding carboxylic acids is 2. The topological polar surface area (TPSA) is 71.1 Å². The molecule has 1 aliphatic rings. The van der Waals surface area contributed by atoms with Crippen LogP contribution in [0, 0.1) is 0 Å². The Labute approximate surface area is 183 Å². The molecule has 1 aliphatic heterocycles. The van der Waals surface area contributed by atoms with Crippen LogP contribution in [-0.2, 0) is 4.74 Å². The molecule has 31 heavy (non-hydrogen) atoms. The van der Waals surface area contributed by atoms with Gasteiger partial charge in [0.05, 0.1) is 30.2 Å². The second-order valence-corrected chi connectivity index (χ2v) is 7.29. The first-order valence-electron chi connectivity index (χ1n) is 10.9. The molecule has 1 saturated heterocycles. The first kappa shape index (κ1) is 22.6. The van der Waals surface area contributed by atoms with E-state index < -0.39 is 5.97 Å². The van der Waals surface area contributed by atoms with E-state index in [1.54, 1.807) is 43.3 Å². The van der Waals surface area contributed by atoms with E-state index in [2.05, 4.69) is 22.0 Å². The fraction of sp³-hybridized carbons (Fsp3) is 0.417. The number of likely N-dealkylation sites (N-methyl/N-ethyl adjacent to an activating group) is 1. The van der Waals surface area contributed by atoms with Gasteiger partial charge in [0, 0.05) is 31.7 Å². The maximum absolute atomic E-state index is 12.9. The summed E-state index contributed by atoms with van der Waals surface area (Å²) in [6.45, 7) is 11.4. The summed E-state index contributed by atoms with van der Waals surface area (Å²) in [5.74, 6) is 0.0803. The van der Waals surface area contributed by atoms with Gasteiger partial charge in [-0.15, -0.1) is 0 Å². The van der Waals surface area contributed by atoms with Gasteiger partial charge in [-0.25, -0.2) is 4.79 Å². The Bertz CT molecular complexity index is 890. The van der Waals surface area contributed by atoms with Gasteiger partial charge in [0.15, 0.2) is 0 Å². The van der Waals surface area contributed by atoms with E-state index in [4.69, 9.17) is 9.47 Å². The largest absolute Gasteiger partial charge is 0.494 e. The number of amides is 1. The van der Waals surface area contributed by atoms with Crippen LogP contribution in [0.4, 0.5) is 11.4 Å². The lowest BCUT2D eigenvalue weighted by atomic mass is 10.1. The third kappa shape index (κ3) is 5.76. The van der Waals surface area contributed by atoms with Crippen LogP contribution in [0.5, 0.6) is 5.75 Å². The Balaban J connectivity index is 1.84. The Hall–Kier alpha value is -3.06. The second kappa shape index (κ2) is 10.8. The number of nitrogens with one attached hydrogen (secondary N) is 1. The molecule has 7 heteroatoms. The molecule has 2 aromatic carbocycles. The number of rotatable bonds is 8. The molecule has 1 heterocycles. The maximum Gasteiger partial charge on any atom is 0.338 e. The van der Waals surface area contributed by atoms with Gasteiger partial charge in [0.2, 0.25) is 0 Å². The fourth-order valence-electron chi connectivity index (χ4n) is 3.62. The Morgan fingerprint density at radius 1 is 0.903 bits per heavy atom. The van der Waals surface area contributed by atoms with Crippen LogP contribution in [0.2, 0.25) is 0 Å². The van der Waals surface area contributed by atoms with E-state index in [0.29, 0.717) is 30.0 Å². The van der Waals surface area contributed by atoms with Gasteiger partial charge in [-0.2, -0.15) is 0 Å². The van der Waals surface area contributed by atoms with Gasteiger partial charge < -0.3 is 24.6 Å². The monoisotopic (exact) mass is 425 g/mol. The predicted octanol–water partition coefficient (Wildman–Crippen LogP) is 3.66. The average Bonchev–Trinajstić information content (AvgIpc) is 2.80. The highest BCUT2D eigenvalue weighted by Gasteiger charge is 2.21. The molecular weight excluding hydrogens is 394 g/mol. The van der Waals surface area contributed by atoms with Gasteiger partial charge in [-0.1, -0.05) is 6.92 Å². The van der Waals surface area contributed by atoms with Gasteiger partial charge >= 0.3 is 5.97 Å². The fourth-order valence-corrected chi connectivity index (χ4v) is 3.62. The van der Waals surface area contributed by atoms with Crippen molar-refractivity contribution in [3.8, 4) is 5.75 Å². The minimum absolute atomic E-state index is 0.238. The van der Waals surface area contributed by atoms with Crippen molar-refractivity contribution >= 4 is 23.3 Å². The van der Waals surface area contributed by atoms with Crippen molar-refractivity contribution < 1.29 is 19.1 Å². The molecule has 166 valence electrons. The summed E-state index contributed by atoms with van der Waals surface area (Å²) in [5.41, 5.74) is 2.45. The molecule has 0 unspecified atom stereocenters. The maximum atomic E-state index is 12.9. The molecule has 0 spiro atoms. The zero-order valence-corrected chi connectivity index (χ0v) is 18.5. The quantitative estimate of drug-likeness (QED) is 0.651. The van der Waals surface area contributed by atoms with E-state index in [-0.39, 0.29) is 5.91 Å². The van der Waals surface area contributed by atoms with E-state index in [1.807, 2.05) is 13.0 Å². The molecule has 0 aliphatic carbocycles. The molecule has 0 bridgehead atoms. The van der Waals surface area contributed by atoms with Crippen molar-refractivity contribution in [2.75, 3.05) is 56.2 Å². The summed E-state index contributed by atoms with van der Waals surface area (Å²) in [7, 11) is 0.